The van der Waals surface area contributed by atoms with Gasteiger partial charge in [0.05, 0.1) is 18.9 Å². The van der Waals surface area contributed by atoms with Crippen LogP contribution in [0.5, 0.6) is 0 Å². The van der Waals surface area contributed by atoms with E-state index in [2.05, 4.69) is 9.72 Å². The predicted octanol–water partition coefficient (Wildman–Crippen LogP) is 2.18. The summed E-state index contributed by atoms with van der Waals surface area (Å²) in [6, 6.07) is 6.26. The summed E-state index contributed by atoms with van der Waals surface area (Å²) in [5.74, 6) is -2.93. The Balaban J connectivity index is 2.42. The third-order valence-electron chi connectivity index (χ3n) is 2.88. The molecule has 0 radical (unpaired) electrons. The zero-order chi connectivity index (χ0) is 16.1. The fourth-order valence-corrected chi connectivity index (χ4v) is 1.81. The molecule has 0 N–H and O–H groups in total. The fourth-order valence-electron chi connectivity index (χ4n) is 1.81. The van der Waals surface area contributed by atoms with Gasteiger partial charge in [0.1, 0.15) is 12.4 Å². The zero-order valence-electron chi connectivity index (χ0n) is 11.6. The van der Waals surface area contributed by atoms with Gasteiger partial charge >= 0.3 is 5.97 Å². The molecule has 1 aromatic carbocycles. The number of esters is 1. The van der Waals surface area contributed by atoms with E-state index in [0.717, 1.165) is 24.3 Å². The van der Waals surface area contributed by atoms with Gasteiger partial charge in [-0.05, 0) is 24.3 Å². The molecule has 5 nitrogen and oxygen atoms in total. The summed E-state index contributed by atoms with van der Waals surface area (Å²) in [5, 5.41) is 0. The van der Waals surface area contributed by atoms with Gasteiger partial charge in [-0.1, -0.05) is 6.07 Å². The maximum absolute atomic E-state index is 13.7. The highest BCUT2D eigenvalue weighted by atomic mass is 19.1. The van der Waals surface area contributed by atoms with Crippen molar-refractivity contribution < 1.29 is 23.1 Å². The van der Waals surface area contributed by atoms with Crippen LogP contribution in [0.1, 0.15) is 10.4 Å². The van der Waals surface area contributed by atoms with Gasteiger partial charge in [-0.3, -0.25) is 19.5 Å². The third-order valence-corrected chi connectivity index (χ3v) is 2.88. The Kier molecular flexibility index (Phi) is 4.77. The Morgan fingerprint density at radius 3 is 2.68 bits per heavy atom. The monoisotopic (exact) mass is 306 g/mol. The Labute approximate surface area is 125 Å². The molecule has 0 saturated carbocycles. The summed E-state index contributed by atoms with van der Waals surface area (Å²) in [4.78, 5) is 28.4. The minimum Gasteiger partial charge on any atom is -0.468 e. The molecule has 0 saturated heterocycles. The lowest BCUT2D eigenvalue weighted by molar-refractivity contribution is -0.138. The topological polar surface area (TPSA) is 59.5 Å². The van der Waals surface area contributed by atoms with Gasteiger partial charge in [-0.15, -0.1) is 0 Å². The van der Waals surface area contributed by atoms with Gasteiger partial charge in [0.2, 0.25) is 0 Å². The summed E-state index contributed by atoms with van der Waals surface area (Å²) in [5.41, 5.74) is -0.158. The van der Waals surface area contributed by atoms with Crippen molar-refractivity contribution in [3.05, 3.63) is 59.9 Å². The van der Waals surface area contributed by atoms with Gasteiger partial charge in [-0.25, -0.2) is 8.78 Å². The summed E-state index contributed by atoms with van der Waals surface area (Å²) < 4.78 is 31.6. The number of ether oxygens (including phenoxy) is 1. The van der Waals surface area contributed by atoms with Crippen LogP contribution in [-0.2, 0) is 9.53 Å². The molecule has 0 atom stereocenters. The summed E-state index contributed by atoms with van der Waals surface area (Å²) >= 11 is 0. The number of benzene rings is 1. The van der Waals surface area contributed by atoms with Crippen molar-refractivity contribution in [1.82, 2.24) is 4.98 Å². The molecule has 0 spiro atoms. The SMILES string of the molecule is COC(=O)CN(C(=O)c1ccncc1F)c1cccc(F)c1. The number of methoxy groups -OCH3 is 1. The molecule has 22 heavy (non-hydrogen) atoms. The van der Waals surface area contributed by atoms with E-state index < -0.39 is 30.1 Å². The molecule has 114 valence electrons. The number of carbonyl (C=O) groups is 2. The zero-order valence-corrected chi connectivity index (χ0v) is 11.6. The van der Waals surface area contributed by atoms with E-state index in [1.54, 1.807) is 0 Å². The average molecular weight is 306 g/mol. The van der Waals surface area contributed by atoms with Crippen molar-refractivity contribution in [3.8, 4) is 0 Å². The van der Waals surface area contributed by atoms with Crippen LogP contribution in [0.15, 0.2) is 42.7 Å². The average Bonchev–Trinajstić information content (AvgIpc) is 2.52. The largest absolute Gasteiger partial charge is 0.468 e. The van der Waals surface area contributed by atoms with E-state index in [1.807, 2.05) is 0 Å². The molecular formula is C15H12F2N2O3. The number of halogens is 2. The maximum atomic E-state index is 13.7. The number of carbonyl (C=O) groups excluding carboxylic acids is 2. The van der Waals surface area contributed by atoms with E-state index in [1.165, 1.54) is 30.5 Å². The van der Waals surface area contributed by atoms with Crippen molar-refractivity contribution in [2.45, 2.75) is 0 Å². The second-order valence-electron chi connectivity index (χ2n) is 4.30. The molecule has 0 unspecified atom stereocenters. The first-order chi connectivity index (χ1) is 10.5. The van der Waals surface area contributed by atoms with Gasteiger partial charge < -0.3 is 4.74 Å². The van der Waals surface area contributed by atoms with Crippen LogP contribution >= 0.6 is 0 Å². The summed E-state index contributed by atoms with van der Waals surface area (Å²) in [7, 11) is 1.16. The number of nitrogens with zero attached hydrogens (tertiary/aromatic N) is 2. The molecule has 0 bridgehead atoms. The predicted molar refractivity (Wildman–Crippen MR) is 74.3 cm³/mol. The molecule has 1 heterocycles. The quantitative estimate of drug-likeness (QED) is 0.812. The van der Waals surface area contributed by atoms with E-state index in [-0.39, 0.29) is 11.3 Å². The number of amides is 1. The van der Waals surface area contributed by atoms with Crippen LogP contribution < -0.4 is 4.90 Å². The van der Waals surface area contributed by atoms with Crippen LogP contribution in [0.2, 0.25) is 0 Å². The van der Waals surface area contributed by atoms with Crippen LogP contribution in [-0.4, -0.2) is 30.5 Å². The Hall–Kier alpha value is -2.83. The molecule has 1 amide bonds. The van der Waals surface area contributed by atoms with Crippen molar-refractivity contribution in [2.75, 3.05) is 18.6 Å². The van der Waals surface area contributed by atoms with Crippen molar-refractivity contribution in [3.63, 3.8) is 0 Å². The first kappa shape index (κ1) is 15.6. The molecule has 0 aliphatic heterocycles. The minimum atomic E-state index is -0.834. The standard InChI is InChI=1S/C15H12F2N2O3/c1-22-14(20)9-19(11-4-2-3-10(16)7-11)15(21)12-5-6-18-8-13(12)17/h2-8H,9H2,1H3. The maximum Gasteiger partial charge on any atom is 0.325 e. The van der Waals surface area contributed by atoms with E-state index >= 15 is 0 Å². The second kappa shape index (κ2) is 6.75. The Morgan fingerprint density at radius 2 is 2.05 bits per heavy atom. The van der Waals surface area contributed by atoms with Crippen molar-refractivity contribution >= 4 is 17.6 Å². The normalized spacial score (nSPS) is 10.1. The lowest BCUT2D eigenvalue weighted by Gasteiger charge is -2.21. The molecule has 2 aromatic rings. The van der Waals surface area contributed by atoms with Crippen molar-refractivity contribution in [2.24, 2.45) is 0 Å². The number of rotatable bonds is 4. The van der Waals surface area contributed by atoms with Gasteiger partial charge in [0, 0.05) is 11.9 Å². The third kappa shape index (κ3) is 3.43. The van der Waals surface area contributed by atoms with E-state index in [0.29, 0.717) is 0 Å². The van der Waals surface area contributed by atoms with Crippen LogP contribution in [0.4, 0.5) is 14.5 Å². The number of pyridine rings is 1. The smallest absolute Gasteiger partial charge is 0.325 e. The highest BCUT2D eigenvalue weighted by Gasteiger charge is 2.23. The van der Waals surface area contributed by atoms with E-state index in [9.17, 15) is 18.4 Å². The molecular weight excluding hydrogens is 294 g/mol. The number of hydrogen-bond donors (Lipinski definition) is 0. The van der Waals surface area contributed by atoms with Gasteiger partial charge in [0.25, 0.3) is 5.91 Å². The first-order valence-corrected chi connectivity index (χ1v) is 6.26. The molecule has 0 aliphatic carbocycles. The minimum absolute atomic E-state index is 0.117. The van der Waals surface area contributed by atoms with Gasteiger partial charge in [-0.2, -0.15) is 0 Å². The second-order valence-corrected chi connectivity index (χ2v) is 4.30. The molecule has 0 aliphatic rings. The Bertz CT molecular complexity index is 707. The van der Waals surface area contributed by atoms with Crippen molar-refractivity contribution in [1.29, 1.82) is 0 Å². The highest BCUT2D eigenvalue weighted by molar-refractivity contribution is 6.08. The molecule has 2 rings (SSSR count). The van der Waals surface area contributed by atoms with E-state index in [4.69, 9.17) is 0 Å². The number of anilines is 1. The van der Waals surface area contributed by atoms with Crippen LogP contribution in [0.25, 0.3) is 0 Å². The lowest BCUT2D eigenvalue weighted by atomic mass is 10.2. The fraction of sp³-hybridized carbons (Fsp3) is 0.133. The lowest BCUT2D eigenvalue weighted by Crippen LogP contribution is -2.36. The first-order valence-electron chi connectivity index (χ1n) is 6.26. The van der Waals surface area contributed by atoms with Crippen LogP contribution in [0.3, 0.4) is 0 Å². The van der Waals surface area contributed by atoms with Crippen LogP contribution in [0, 0.1) is 11.6 Å². The van der Waals surface area contributed by atoms with Gasteiger partial charge in [0.15, 0.2) is 5.82 Å². The molecule has 1 aromatic heterocycles. The Morgan fingerprint density at radius 1 is 1.27 bits per heavy atom. The number of hydrogen-bond acceptors (Lipinski definition) is 4. The highest BCUT2D eigenvalue weighted by Crippen LogP contribution is 2.19. The summed E-state index contributed by atoms with van der Waals surface area (Å²) in [6.07, 6.45) is 2.13. The molecule has 0 fully saturated rings. The molecule has 7 heteroatoms. The number of aromatic nitrogens is 1. The summed E-state index contributed by atoms with van der Waals surface area (Å²) in [6.45, 7) is -0.472.